The van der Waals surface area contributed by atoms with Crippen LogP contribution in [0.1, 0.15) is 5.56 Å². The minimum Gasteiger partial charge on any atom is -0.506 e. The van der Waals surface area contributed by atoms with E-state index in [-0.39, 0.29) is 5.75 Å². The molecule has 0 saturated carbocycles. The first-order valence-corrected chi connectivity index (χ1v) is 7.70. The van der Waals surface area contributed by atoms with E-state index >= 15 is 0 Å². The summed E-state index contributed by atoms with van der Waals surface area (Å²) in [6.07, 6.45) is 1.66. The van der Waals surface area contributed by atoms with E-state index in [1.807, 2.05) is 36.4 Å². The zero-order valence-electron chi connectivity index (χ0n) is 9.07. The summed E-state index contributed by atoms with van der Waals surface area (Å²) < 4.78 is 2.72. The molecule has 0 aliphatic rings. The van der Waals surface area contributed by atoms with Gasteiger partial charge in [0.15, 0.2) is 0 Å². The van der Waals surface area contributed by atoms with Crippen LogP contribution in [0.4, 0.5) is 5.69 Å². The van der Waals surface area contributed by atoms with E-state index in [1.165, 1.54) is 0 Å². The highest BCUT2D eigenvalue weighted by atomic mass is 127. The molecular weight excluding hydrogens is 473 g/mol. The second kappa shape index (κ2) is 6.16. The van der Waals surface area contributed by atoms with Gasteiger partial charge >= 0.3 is 0 Å². The molecule has 0 aliphatic carbocycles. The Morgan fingerprint density at radius 2 is 1.72 bits per heavy atom. The quantitative estimate of drug-likeness (QED) is 0.461. The standard InChI is InChI=1S/C13H8Br2INO/c14-9-1-3-11(4-2-9)17-7-8-5-10(15)6-12(16)13(8)18/h1-7,18H. The molecule has 0 amide bonds. The zero-order chi connectivity index (χ0) is 13.1. The Labute approximate surface area is 136 Å². The molecule has 0 aliphatic heterocycles. The summed E-state index contributed by atoms with van der Waals surface area (Å²) in [7, 11) is 0. The fraction of sp³-hybridized carbons (Fsp3) is 0. The number of phenols is 1. The third kappa shape index (κ3) is 3.55. The van der Waals surface area contributed by atoms with Gasteiger partial charge in [-0.1, -0.05) is 31.9 Å². The molecule has 5 heteroatoms. The van der Waals surface area contributed by atoms with Crippen molar-refractivity contribution in [3.8, 4) is 5.75 Å². The maximum absolute atomic E-state index is 9.92. The second-order valence-corrected chi connectivity index (χ2v) is 6.55. The lowest BCUT2D eigenvalue weighted by Crippen LogP contribution is -1.86. The van der Waals surface area contributed by atoms with Crippen molar-refractivity contribution in [2.75, 3.05) is 0 Å². The Bertz CT molecular complexity index is 597. The average Bonchev–Trinajstić information content (AvgIpc) is 2.34. The second-order valence-electron chi connectivity index (χ2n) is 3.56. The number of halogens is 3. The van der Waals surface area contributed by atoms with Crippen molar-refractivity contribution in [1.82, 2.24) is 0 Å². The Morgan fingerprint density at radius 3 is 2.39 bits per heavy atom. The van der Waals surface area contributed by atoms with Crippen LogP contribution in [0, 0.1) is 3.57 Å². The smallest absolute Gasteiger partial charge is 0.137 e. The van der Waals surface area contributed by atoms with E-state index in [4.69, 9.17) is 0 Å². The van der Waals surface area contributed by atoms with E-state index < -0.39 is 0 Å². The molecular formula is C13H8Br2INO. The monoisotopic (exact) mass is 479 g/mol. The first-order chi connectivity index (χ1) is 8.56. The SMILES string of the molecule is Oc1c(I)cc(Br)cc1C=Nc1ccc(Br)cc1. The molecule has 0 atom stereocenters. The van der Waals surface area contributed by atoms with Crippen molar-refractivity contribution in [2.45, 2.75) is 0 Å². The molecule has 92 valence electrons. The van der Waals surface area contributed by atoms with Gasteiger partial charge in [-0.15, -0.1) is 0 Å². The van der Waals surface area contributed by atoms with Crippen LogP contribution in [0.3, 0.4) is 0 Å². The van der Waals surface area contributed by atoms with Gasteiger partial charge in [-0.3, -0.25) is 4.99 Å². The predicted octanol–water partition coefficient (Wildman–Crippen LogP) is 5.27. The Hall–Kier alpha value is -0.400. The van der Waals surface area contributed by atoms with Crippen LogP contribution in [0.25, 0.3) is 0 Å². The number of hydrogen-bond donors (Lipinski definition) is 1. The Morgan fingerprint density at radius 1 is 1.06 bits per heavy atom. The fourth-order valence-corrected chi connectivity index (χ4v) is 3.17. The van der Waals surface area contributed by atoms with Crippen molar-refractivity contribution in [2.24, 2.45) is 4.99 Å². The first-order valence-electron chi connectivity index (χ1n) is 5.04. The number of aliphatic imine (C=N–C) groups is 1. The molecule has 0 unspecified atom stereocenters. The maximum Gasteiger partial charge on any atom is 0.137 e. The number of aromatic hydroxyl groups is 1. The lowest BCUT2D eigenvalue weighted by molar-refractivity contribution is 0.470. The summed E-state index contributed by atoms with van der Waals surface area (Å²) in [6.45, 7) is 0. The van der Waals surface area contributed by atoms with Crippen molar-refractivity contribution < 1.29 is 5.11 Å². The molecule has 0 fully saturated rings. The van der Waals surface area contributed by atoms with Crippen LogP contribution in [0.5, 0.6) is 5.75 Å². The van der Waals surface area contributed by atoms with Crippen molar-refractivity contribution in [1.29, 1.82) is 0 Å². The number of hydrogen-bond acceptors (Lipinski definition) is 2. The molecule has 2 nitrogen and oxygen atoms in total. The topological polar surface area (TPSA) is 32.6 Å². The average molecular weight is 481 g/mol. The molecule has 2 rings (SSSR count). The van der Waals surface area contributed by atoms with Gasteiger partial charge in [-0.2, -0.15) is 0 Å². The Kier molecular flexibility index (Phi) is 4.80. The van der Waals surface area contributed by atoms with Gasteiger partial charge in [0.05, 0.1) is 9.26 Å². The fourth-order valence-electron chi connectivity index (χ4n) is 1.36. The van der Waals surface area contributed by atoms with E-state index in [0.717, 1.165) is 18.2 Å². The summed E-state index contributed by atoms with van der Waals surface area (Å²) in [5.41, 5.74) is 1.53. The van der Waals surface area contributed by atoms with Gasteiger partial charge in [0.2, 0.25) is 0 Å². The molecule has 0 aromatic heterocycles. The lowest BCUT2D eigenvalue weighted by Gasteiger charge is -2.02. The minimum atomic E-state index is 0.250. The summed E-state index contributed by atoms with van der Waals surface area (Å²) in [5.74, 6) is 0.250. The van der Waals surface area contributed by atoms with Gasteiger partial charge in [-0.05, 0) is 59.0 Å². The van der Waals surface area contributed by atoms with Crippen LogP contribution >= 0.6 is 54.5 Å². The summed E-state index contributed by atoms with van der Waals surface area (Å²) in [5, 5.41) is 9.92. The summed E-state index contributed by atoms with van der Waals surface area (Å²) in [4.78, 5) is 4.33. The number of rotatable bonds is 2. The molecule has 1 N–H and O–H groups in total. The van der Waals surface area contributed by atoms with Gasteiger partial charge < -0.3 is 5.11 Å². The van der Waals surface area contributed by atoms with E-state index in [9.17, 15) is 5.11 Å². The molecule has 0 saturated heterocycles. The van der Waals surface area contributed by atoms with Gasteiger partial charge in [0.25, 0.3) is 0 Å². The first kappa shape index (κ1) is 14.0. The molecule has 18 heavy (non-hydrogen) atoms. The van der Waals surface area contributed by atoms with Crippen LogP contribution in [-0.2, 0) is 0 Å². The van der Waals surface area contributed by atoms with Crippen LogP contribution in [-0.4, -0.2) is 11.3 Å². The lowest BCUT2D eigenvalue weighted by atomic mass is 10.2. The largest absolute Gasteiger partial charge is 0.506 e. The van der Waals surface area contributed by atoms with Gasteiger partial charge in [0, 0.05) is 20.7 Å². The third-order valence-electron chi connectivity index (χ3n) is 2.24. The summed E-state index contributed by atoms with van der Waals surface area (Å²) in [6, 6.07) is 11.3. The van der Waals surface area contributed by atoms with Crippen LogP contribution < -0.4 is 0 Å². The van der Waals surface area contributed by atoms with Crippen molar-refractivity contribution in [3.63, 3.8) is 0 Å². The molecule has 0 bridgehead atoms. The predicted molar refractivity (Wildman–Crippen MR) is 89.9 cm³/mol. The number of benzene rings is 2. The molecule has 2 aromatic carbocycles. The number of nitrogens with zero attached hydrogens (tertiary/aromatic N) is 1. The highest BCUT2D eigenvalue weighted by Crippen LogP contribution is 2.28. The number of phenolic OH excluding ortho intramolecular Hbond substituents is 1. The van der Waals surface area contributed by atoms with Gasteiger partial charge in [0.1, 0.15) is 5.75 Å². The highest BCUT2D eigenvalue weighted by molar-refractivity contribution is 14.1. The van der Waals surface area contributed by atoms with E-state index in [1.54, 1.807) is 6.21 Å². The summed E-state index contributed by atoms with van der Waals surface area (Å²) >= 11 is 8.86. The van der Waals surface area contributed by atoms with Crippen molar-refractivity contribution in [3.05, 3.63) is 54.5 Å². The highest BCUT2D eigenvalue weighted by Gasteiger charge is 2.05. The third-order valence-corrected chi connectivity index (χ3v) is 4.05. The van der Waals surface area contributed by atoms with Crippen LogP contribution in [0.15, 0.2) is 50.3 Å². The normalized spacial score (nSPS) is 11.1. The van der Waals surface area contributed by atoms with Crippen LogP contribution in [0.2, 0.25) is 0 Å². The van der Waals surface area contributed by atoms with E-state index in [0.29, 0.717) is 5.56 Å². The van der Waals surface area contributed by atoms with E-state index in [2.05, 4.69) is 59.4 Å². The van der Waals surface area contributed by atoms with Gasteiger partial charge in [-0.25, -0.2) is 0 Å². The molecule has 0 heterocycles. The molecule has 0 radical (unpaired) electrons. The molecule has 0 spiro atoms. The molecule has 2 aromatic rings. The minimum absolute atomic E-state index is 0.250. The Balaban J connectivity index is 2.31. The zero-order valence-corrected chi connectivity index (χ0v) is 14.4. The van der Waals surface area contributed by atoms with Crippen molar-refractivity contribution >= 4 is 66.4 Å². The maximum atomic E-state index is 9.92.